The highest BCUT2D eigenvalue weighted by atomic mass is 16.7. The number of hydroxylamine groups is 2. The zero-order chi connectivity index (χ0) is 31.1. The lowest BCUT2D eigenvalue weighted by atomic mass is 9.98. The summed E-state index contributed by atoms with van der Waals surface area (Å²) in [7, 11) is 2.97. The highest BCUT2D eigenvalue weighted by Crippen LogP contribution is 2.30. The van der Waals surface area contributed by atoms with E-state index in [2.05, 4.69) is 20.8 Å². The van der Waals surface area contributed by atoms with Gasteiger partial charge in [-0.2, -0.15) is 0 Å². The van der Waals surface area contributed by atoms with Gasteiger partial charge in [-0.25, -0.2) is 5.06 Å². The van der Waals surface area contributed by atoms with Gasteiger partial charge < -0.3 is 20.1 Å². The van der Waals surface area contributed by atoms with Gasteiger partial charge >= 0.3 is 0 Å². The third-order valence-corrected chi connectivity index (χ3v) is 6.84. The molecule has 0 saturated carbocycles. The lowest BCUT2D eigenvalue weighted by Gasteiger charge is -2.23. The van der Waals surface area contributed by atoms with E-state index < -0.39 is 5.92 Å². The Morgan fingerprint density at radius 2 is 1.59 bits per heavy atom. The highest BCUT2D eigenvalue weighted by Gasteiger charge is 2.22. The van der Waals surface area contributed by atoms with Crippen LogP contribution >= 0.6 is 0 Å². The fraction of sp³-hybridized carbons (Fsp3) is 0.242. The lowest BCUT2D eigenvalue weighted by molar-refractivity contribution is -0.182. The monoisotopic (exact) mass is 597 g/mol. The van der Waals surface area contributed by atoms with E-state index in [0.29, 0.717) is 41.8 Å². The molecule has 11 nitrogen and oxygen atoms in total. The van der Waals surface area contributed by atoms with Gasteiger partial charge in [0.05, 0.1) is 38.9 Å². The number of carbonyl (C=O) groups excluding carboxylic acids is 3. The minimum atomic E-state index is -0.585. The summed E-state index contributed by atoms with van der Waals surface area (Å²) in [4.78, 5) is 43.8. The Bertz CT molecular complexity index is 1520. The maximum atomic E-state index is 13.3. The maximum absolute atomic E-state index is 13.3. The average Bonchev–Trinajstić information content (AvgIpc) is 3.08. The Morgan fingerprint density at radius 1 is 0.864 bits per heavy atom. The summed E-state index contributed by atoms with van der Waals surface area (Å²) in [6.07, 6.45) is 1.67. The first-order valence-electron chi connectivity index (χ1n) is 14.1. The molecule has 0 unspecified atom stereocenters. The number of ether oxygens (including phenoxy) is 2. The van der Waals surface area contributed by atoms with Crippen molar-refractivity contribution < 1.29 is 28.7 Å². The molecule has 0 fully saturated rings. The average molecular weight is 598 g/mol. The van der Waals surface area contributed by atoms with Crippen molar-refractivity contribution >= 4 is 18.2 Å². The van der Waals surface area contributed by atoms with Gasteiger partial charge in [0.15, 0.2) is 0 Å². The van der Waals surface area contributed by atoms with E-state index in [1.807, 2.05) is 66.7 Å². The standard InChI is InChI=1S/C33H35N5O6/c1-42-30-19-29(33(43-2)37-36-30)26-14-9-15-27(18-26)31(40)34-22-35-32(41)28(17-16-24-10-5-3-6-11-24)20-38(23-39)44-21-25-12-7-4-8-13-25/h3-15,18-19,23,28H,16-17,20-22H2,1-2H3,(H,34,40)(H,35,41)/t28-/m1/s1. The lowest BCUT2D eigenvalue weighted by Crippen LogP contribution is -2.43. The van der Waals surface area contributed by atoms with Gasteiger partial charge in [-0.3, -0.25) is 19.2 Å². The Balaban J connectivity index is 1.38. The minimum Gasteiger partial charge on any atom is -0.480 e. The van der Waals surface area contributed by atoms with Gasteiger partial charge in [-0.05, 0) is 41.7 Å². The van der Waals surface area contributed by atoms with Crippen molar-refractivity contribution in [2.75, 3.05) is 27.4 Å². The summed E-state index contributed by atoms with van der Waals surface area (Å²) < 4.78 is 10.5. The number of hydrogen-bond donors (Lipinski definition) is 2. The van der Waals surface area contributed by atoms with Crippen LogP contribution in [0.5, 0.6) is 11.8 Å². The van der Waals surface area contributed by atoms with Crippen LogP contribution in [0.4, 0.5) is 0 Å². The van der Waals surface area contributed by atoms with Crippen molar-refractivity contribution in [2.45, 2.75) is 19.4 Å². The third kappa shape index (κ3) is 9.10. The first-order valence-corrected chi connectivity index (χ1v) is 14.1. The molecule has 1 heterocycles. The number of hydrogen-bond acceptors (Lipinski definition) is 8. The van der Waals surface area contributed by atoms with E-state index in [1.165, 1.54) is 14.2 Å². The van der Waals surface area contributed by atoms with Gasteiger partial charge in [-0.15, -0.1) is 10.2 Å². The molecule has 0 spiro atoms. The molecule has 4 rings (SSSR count). The summed E-state index contributed by atoms with van der Waals surface area (Å²) >= 11 is 0. The van der Waals surface area contributed by atoms with Crippen LogP contribution in [-0.2, 0) is 27.5 Å². The van der Waals surface area contributed by atoms with Crippen molar-refractivity contribution in [1.29, 1.82) is 0 Å². The number of rotatable bonds is 16. The molecule has 0 saturated heterocycles. The summed E-state index contributed by atoms with van der Waals surface area (Å²) in [6, 6.07) is 27.8. The van der Waals surface area contributed by atoms with Crippen LogP contribution in [0.25, 0.3) is 11.1 Å². The van der Waals surface area contributed by atoms with Crippen molar-refractivity contribution in [2.24, 2.45) is 5.92 Å². The molecule has 0 aliphatic carbocycles. The number of aromatic nitrogens is 2. The molecule has 0 bridgehead atoms. The number of methoxy groups -OCH3 is 2. The zero-order valence-electron chi connectivity index (χ0n) is 24.6. The summed E-state index contributed by atoms with van der Waals surface area (Å²) in [6.45, 7) is 0.135. The van der Waals surface area contributed by atoms with Gasteiger partial charge in [0, 0.05) is 11.6 Å². The predicted molar refractivity (Wildman–Crippen MR) is 163 cm³/mol. The van der Waals surface area contributed by atoms with E-state index in [4.69, 9.17) is 14.3 Å². The maximum Gasteiger partial charge on any atom is 0.252 e. The number of amides is 3. The van der Waals surface area contributed by atoms with Crippen LogP contribution in [0.3, 0.4) is 0 Å². The summed E-state index contributed by atoms with van der Waals surface area (Å²) in [5, 5.41) is 14.6. The third-order valence-electron chi connectivity index (χ3n) is 6.84. The Kier molecular flexibility index (Phi) is 11.8. The van der Waals surface area contributed by atoms with Crippen molar-refractivity contribution in [3.63, 3.8) is 0 Å². The molecule has 44 heavy (non-hydrogen) atoms. The van der Waals surface area contributed by atoms with Crippen LogP contribution in [-0.4, -0.2) is 60.9 Å². The molecule has 1 aromatic heterocycles. The molecule has 1 atom stereocenters. The number of aryl methyl sites for hydroxylation is 1. The minimum absolute atomic E-state index is 0.0518. The normalized spacial score (nSPS) is 11.2. The van der Waals surface area contributed by atoms with E-state index in [9.17, 15) is 14.4 Å². The molecular formula is C33H35N5O6. The van der Waals surface area contributed by atoms with Gasteiger partial charge in [-0.1, -0.05) is 72.8 Å². The topological polar surface area (TPSA) is 132 Å². The second kappa shape index (κ2) is 16.4. The molecule has 228 valence electrons. The number of nitrogens with zero attached hydrogens (tertiary/aromatic N) is 3. The first kappa shape index (κ1) is 31.6. The fourth-order valence-corrected chi connectivity index (χ4v) is 4.47. The van der Waals surface area contributed by atoms with Crippen LogP contribution in [0, 0.1) is 5.92 Å². The van der Waals surface area contributed by atoms with Crippen LogP contribution in [0.2, 0.25) is 0 Å². The zero-order valence-corrected chi connectivity index (χ0v) is 24.6. The Hall–Kier alpha value is -5.29. The molecule has 3 amide bonds. The summed E-state index contributed by atoms with van der Waals surface area (Å²) in [5.41, 5.74) is 3.63. The molecule has 0 aliphatic rings. The molecule has 11 heteroatoms. The highest BCUT2D eigenvalue weighted by molar-refractivity contribution is 5.95. The molecule has 4 aromatic rings. The Morgan fingerprint density at radius 3 is 2.27 bits per heavy atom. The molecular weight excluding hydrogens is 562 g/mol. The quantitative estimate of drug-likeness (QED) is 0.113. The summed E-state index contributed by atoms with van der Waals surface area (Å²) in [5.74, 6) is -0.697. The number of nitrogens with one attached hydrogen (secondary N) is 2. The molecule has 2 N–H and O–H groups in total. The predicted octanol–water partition coefficient (Wildman–Crippen LogP) is 3.80. The van der Waals surface area contributed by atoms with E-state index in [1.54, 1.807) is 24.3 Å². The number of benzene rings is 3. The van der Waals surface area contributed by atoms with E-state index in [-0.39, 0.29) is 37.5 Å². The van der Waals surface area contributed by atoms with Crippen LogP contribution < -0.4 is 20.1 Å². The molecule has 3 aromatic carbocycles. The van der Waals surface area contributed by atoms with Crippen LogP contribution in [0.15, 0.2) is 91.0 Å². The van der Waals surface area contributed by atoms with Crippen LogP contribution in [0.1, 0.15) is 27.9 Å². The van der Waals surface area contributed by atoms with Crippen molar-refractivity contribution in [3.8, 4) is 22.9 Å². The molecule has 0 aliphatic heterocycles. The second-order valence-corrected chi connectivity index (χ2v) is 9.80. The first-order chi connectivity index (χ1) is 21.5. The van der Waals surface area contributed by atoms with Crippen molar-refractivity contribution in [1.82, 2.24) is 25.9 Å². The van der Waals surface area contributed by atoms with E-state index >= 15 is 0 Å². The Labute approximate surface area is 256 Å². The largest absolute Gasteiger partial charge is 0.480 e. The molecule has 0 radical (unpaired) electrons. The van der Waals surface area contributed by atoms with E-state index in [0.717, 1.165) is 16.2 Å². The van der Waals surface area contributed by atoms with Gasteiger partial charge in [0.1, 0.15) is 6.61 Å². The fourth-order valence-electron chi connectivity index (χ4n) is 4.47. The SMILES string of the molecule is COc1cc(-c2cccc(C(=O)NCNC(=O)[C@H](CCc3ccccc3)CN(C=O)OCc3ccccc3)c2)c(OC)nn1. The second-order valence-electron chi connectivity index (χ2n) is 9.80. The van der Waals surface area contributed by atoms with Crippen molar-refractivity contribution in [3.05, 3.63) is 108 Å². The number of carbonyl (C=O) groups is 3. The van der Waals surface area contributed by atoms with Gasteiger partial charge in [0.25, 0.3) is 5.91 Å². The smallest absolute Gasteiger partial charge is 0.252 e. The van der Waals surface area contributed by atoms with Gasteiger partial charge in [0.2, 0.25) is 24.1 Å².